The highest BCUT2D eigenvalue weighted by Crippen LogP contribution is 2.28. The molecule has 9 nitrogen and oxygen atoms in total. The number of carbonyl (C=O) groups is 4. The molecule has 0 aliphatic heterocycles. The Bertz CT molecular complexity index is 1020. The maximum absolute atomic E-state index is 12.6. The summed E-state index contributed by atoms with van der Waals surface area (Å²) < 4.78 is 4.86. The number of aliphatic hydroxyl groups is 1. The molecule has 0 fully saturated rings. The van der Waals surface area contributed by atoms with E-state index in [0.29, 0.717) is 11.1 Å². The van der Waals surface area contributed by atoms with Gasteiger partial charge in [-0.25, -0.2) is 9.59 Å². The molecule has 0 amide bonds. The Labute approximate surface area is 194 Å². The standard InChI is InChI=1S/C23H23NO8S/c1-2-19(24-32-21(28)12-11-20(26)27)22(29)15-3-7-17(8-4-15)33-18-9-5-16(6-10-18)23(30)31-14-13-25/h3-10,25H,2,11-14H2,1H3,(H,26,27)/b24-19+. The zero-order chi connectivity index (χ0) is 24.2. The van der Waals surface area contributed by atoms with Crippen LogP contribution in [0.5, 0.6) is 0 Å². The highest BCUT2D eigenvalue weighted by atomic mass is 32.2. The largest absolute Gasteiger partial charge is 0.481 e. The van der Waals surface area contributed by atoms with E-state index in [1.54, 1.807) is 55.5 Å². The lowest BCUT2D eigenvalue weighted by molar-refractivity contribution is -0.147. The molecule has 33 heavy (non-hydrogen) atoms. The third-order valence-electron chi connectivity index (χ3n) is 4.16. The first kappa shape index (κ1) is 25.8. The van der Waals surface area contributed by atoms with E-state index in [1.165, 1.54) is 11.8 Å². The lowest BCUT2D eigenvalue weighted by Crippen LogP contribution is -2.15. The van der Waals surface area contributed by atoms with Crippen molar-refractivity contribution in [3.8, 4) is 0 Å². The number of hydrogen-bond acceptors (Lipinski definition) is 9. The number of rotatable bonds is 12. The van der Waals surface area contributed by atoms with E-state index in [-0.39, 0.29) is 38.2 Å². The predicted octanol–water partition coefficient (Wildman–Crippen LogP) is 3.34. The first-order chi connectivity index (χ1) is 15.8. The van der Waals surface area contributed by atoms with Crippen LogP contribution in [0.25, 0.3) is 0 Å². The second-order valence-electron chi connectivity index (χ2n) is 6.59. The third-order valence-corrected chi connectivity index (χ3v) is 5.18. The second kappa shape index (κ2) is 13.1. The lowest BCUT2D eigenvalue weighted by Gasteiger charge is -2.06. The minimum absolute atomic E-state index is 0.0442. The van der Waals surface area contributed by atoms with Gasteiger partial charge < -0.3 is 19.8 Å². The molecule has 174 valence electrons. The average Bonchev–Trinajstić information content (AvgIpc) is 2.82. The molecule has 0 bridgehead atoms. The Morgan fingerprint density at radius 1 is 0.909 bits per heavy atom. The van der Waals surface area contributed by atoms with Crippen LogP contribution in [-0.2, 0) is 19.2 Å². The van der Waals surface area contributed by atoms with Gasteiger partial charge in [-0.3, -0.25) is 9.59 Å². The molecular weight excluding hydrogens is 450 g/mol. The van der Waals surface area contributed by atoms with Crippen molar-refractivity contribution in [1.82, 2.24) is 0 Å². The number of hydrogen-bond donors (Lipinski definition) is 2. The Kier molecular flexibility index (Phi) is 10.3. The fraction of sp³-hybridized carbons (Fsp3) is 0.261. The minimum Gasteiger partial charge on any atom is -0.481 e. The highest BCUT2D eigenvalue weighted by molar-refractivity contribution is 7.99. The predicted molar refractivity (Wildman–Crippen MR) is 119 cm³/mol. The number of ketones is 1. The number of carboxylic acids is 1. The van der Waals surface area contributed by atoms with Crippen LogP contribution in [0.3, 0.4) is 0 Å². The van der Waals surface area contributed by atoms with Gasteiger partial charge in [0.1, 0.15) is 12.3 Å². The van der Waals surface area contributed by atoms with Crippen molar-refractivity contribution >= 4 is 41.2 Å². The Hall–Kier alpha value is -3.50. The molecule has 0 radical (unpaired) electrons. The number of esters is 1. The van der Waals surface area contributed by atoms with Crippen molar-refractivity contribution in [1.29, 1.82) is 0 Å². The number of oxime groups is 1. The molecule has 2 N–H and O–H groups in total. The zero-order valence-electron chi connectivity index (χ0n) is 17.9. The molecule has 0 unspecified atom stereocenters. The van der Waals surface area contributed by atoms with Crippen LogP contribution in [0, 0.1) is 0 Å². The van der Waals surface area contributed by atoms with Gasteiger partial charge >= 0.3 is 17.9 Å². The molecule has 10 heteroatoms. The maximum Gasteiger partial charge on any atom is 0.338 e. The van der Waals surface area contributed by atoms with Gasteiger partial charge in [0, 0.05) is 15.4 Å². The Morgan fingerprint density at radius 3 is 2.00 bits per heavy atom. The molecule has 0 saturated heterocycles. The van der Waals surface area contributed by atoms with Crippen LogP contribution in [0.2, 0.25) is 0 Å². The number of carboxylic acid groups (broad SMARTS) is 1. The number of carbonyl (C=O) groups excluding carboxylic acids is 3. The van der Waals surface area contributed by atoms with Crippen LogP contribution in [0.1, 0.15) is 46.9 Å². The van der Waals surface area contributed by atoms with Gasteiger partial charge in [-0.15, -0.1) is 0 Å². The molecule has 0 aliphatic rings. The number of Topliss-reactive ketones (excluding diaryl/α,β-unsaturated/α-hetero) is 1. The lowest BCUT2D eigenvalue weighted by atomic mass is 10.1. The molecule has 0 atom stereocenters. The van der Waals surface area contributed by atoms with Crippen LogP contribution >= 0.6 is 11.8 Å². The smallest absolute Gasteiger partial charge is 0.338 e. The molecule has 0 heterocycles. The monoisotopic (exact) mass is 473 g/mol. The third kappa shape index (κ3) is 8.51. The first-order valence-corrected chi connectivity index (χ1v) is 10.8. The molecule has 0 aromatic heterocycles. The van der Waals surface area contributed by atoms with E-state index in [1.807, 2.05) is 0 Å². The number of nitrogens with zero attached hydrogens (tertiary/aromatic N) is 1. The fourth-order valence-corrected chi connectivity index (χ4v) is 3.30. The van der Waals surface area contributed by atoms with Gasteiger partial charge in [-0.1, -0.05) is 23.8 Å². The molecular formula is C23H23NO8S. The van der Waals surface area contributed by atoms with Gasteiger partial charge in [0.05, 0.1) is 25.0 Å². The summed E-state index contributed by atoms with van der Waals surface area (Å²) in [7, 11) is 0. The summed E-state index contributed by atoms with van der Waals surface area (Å²) in [5.74, 6) is -2.86. The molecule has 2 aromatic rings. The summed E-state index contributed by atoms with van der Waals surface area (Å²) in [6, 6.07) is 13.6. The van der Waals surface area contributed by atoms with Crippen molar-refractivity contribution in [3.05, 3.63) is 59.7 Å². The first-order valence-electron chi connectivity index (χ1n) is 10.0. The normalized spacial score (nSPS) is 11.0. The number of aliphatic hydroxyl groups excluding tert-OH is 1. The van der Waals surface area contributed by atoms with Crippen molar-refractivity contribution in [2.45, 2.75) is 36.0 Å². The van der Waals surface area contributed by atoms with Crippen LogP contribution in [0.15, 0.2) is 63.5 Å². The zero-order valence-corrected chi connectivity index (χ0v) is 18.7. The van der Waals surface area contributed by atoms with Crippen LogP contribution in [0.4, 0.5) is 0 Å². The topological polar surface area (TPSA) is 140 Å². The number of aliphatic carboxylic acids is 1. The number of benzene rings is 2. The van der Waals surface area contributed by atoms with Crippen molar-refractivity contribution in [3.63, 3.8) is 0 Å². The van der Waals surface area contributed by atoms with E-state index in [9.17, 15) is 19.2 Å². The summed E-state index contributed by atoms with van der Waals surface area (Å²) in [5, 5.41) is 20.9. The summed E-state index contributed by atoms with van der Waals surface area (Å²) in [4.78, 5) is 52.8. The molecule has 0 saturated carbocycles. The maximum atomic E-state index is 12.6. The van der Waals surface area contributed by atoms with E-state index in [4.69, 9.17) is 14.9 Å². The van der Waals surface area contributed by atoms with E-state index in [2.05, 4.69) is 9.99 Å². The van der Waals surface area contributed by atoms with Gasteiger partial charge in [-0.2, -0.15) is 0 Å². The van der Waals surface area contributed by atoms with Gasteiger partial charge in [0.2, 0.25) is 5.78 Å². The summed E-state index contributed by atoms with van der Waals surface area (Å²) in [6.45, 7) is 1.40. The average molecular weight is 474 g/mol. The Balaban J connectivity index is 1.98. The van der Waals surface area contributed by atoms with Crippen LogP contribution in [-0.4, -0.2) is 52.8 Å². The van der Waals surface area contributed by atoms with Gasteiger partial charge in [-0.05, 0) is 55.0 Å². The summed E-state index contributed by atoms with van der Waals surface area (Å²) in [6.07, 6.45) is -0.477. The molecule has 0 spiro atoms. The van der Waals surface area contributed by atoms with Crippen LogP contribution < -0.4 is 0 Å². The van der Waals surface area contributed by atoms with Gasteiger partial charge in [0.25, 0.3) is 0 Å². The van der Waals surface area contributed by atoms with Gasteiger partial charge in [0.15, 0.2) is 0 Å². The minimum atomic E-state index is -1.13. The van der Waals surface area contributed by atoms with Crippen molar-refractivity contribution in [2.24, 2.45) is 5.16 Å². The van der Waals surface area contributed by atoms with E-state index < -0.39 is 23.7 Å². The Morgan fingerprint density at radius 2 is 1.48 bits per heavy atom. The second-order valence-corrected chi connectivity index (χ2v) is 7.73. The SMILES string of the molecule is CC/C(=N\OC(=O)CCC(=O)O)C(=O)c1ccc(Sc2ccc(C(=O)OCCO)cc2)cc1. The fourth-order valence-electron chi connectivity index (χ4n) is 2.48. The van der Waals surface area contributed by atoms with E-state index in [0.717, 1.165) is 9.79 Å². The quantitative estimate of drug-likeness (QED) is 0.156. The molecule has 2 aromatic carbocycles. The highest BCUT2D eigenvalue weighted by Gasteiger charge is 2.15. The summed E-state index contributed by atoms with van der Waals surface area (Å²) >= 11 is 1.43. The van der Waals surface area contributed by atoms with Crippen molar-refractivity contribution < 1.29 is 39.0 Å². The van der Waals surface area contributed by atoms with Crippen molar-refractivity contribution in [2.75, 3.05) is 13.2 Å². The molecule has 2 rings (SSSR count). The number of ether oxygens (including phenoxy) is 1. The van der Waals surface area contributed by atoms with E-state index >= 15 is 0 Å². The molecule has 0 aliphatic carbocycles. The summed E-state index contributed by atoms with van der Waals surface area (Å²) in [5.41, 5.74) is 0.787.